The van der Waals surface area contributed by atoms with E-state index in [9.17, 15) is 9.59 Å². The minimum Gasteiger partial charge on any atom is -0.477 e. The first-order valence-electron chi connectivity index (χ1n) is 6.74. The molecule has 1 aromatic carbocycles. The van der Waals surface area contributed by atoms with Crippen LogP contribution in [0.2, 0.25) is 0 Å². The average Bonchev–Trinajstić information content (AvgIpc) is 2.95. The summed E-state index contributed by atoms with van der Waals surface area (Å²) in [5, 5.41) is 16.7. The van der Waals surface area contributed by atoms with Gasteiger partial charge in [-0.3, -0.25) is 9.89 Å². The van der Waals surface area contributed by atoms with Crippen molar-refractivity contribution >= 4 is 22.7 Å². The standard InChI is InChI=1S/C16H13N3O3/c20-13(6-11-3-4-17-15(8-11)16(21)22)5-10-1-2-12-9-18-19-14(12)7-10/h1-4,7-9H,5-6H2,(H,18,19)(H,21,22). The van der Waals surface area contributed by atoms with Gasteiger partial charge in [-0.15, -0.1) is 0 Å². The van der Waals surface area contributed by atoms with E-state index in [2.05, 4.69) is 15.2 Å². The van der Waals surface area contributed by atoms with Gasteiger partial charge in [0.25, 0.3) is 0 Å². The molecule has 0 unspecified atom stereocenters. The van der Waals surface area contributed by atoms with Crippen molar-refractivity contribution in [3.05, 3.63) is 59.5 Å². The molecule has 2 heterocycles. The predicted octanol–water partition coefficient (Wildman–Crippen LogP) is 2.01. The molecule has 0 bridgehead atoms. The Labute approximate surface area is 125 Å². The lowest BCUT2D eigenvalue weighted by atomic mass is 10.0. The number of carbonyl (C=O) groups excluding carboxylic acids is 1. The summed E-state index contributed by atoms with van der Waals surface area (Å²) < 4.78 is 0. The number of hydrogen-bond acceptors (Lipinski definition) is 4. The van der Waals surface area contributed by atoms with Gasteiger partial charge in [-0.1, -0.05) is 12.1 Å². The van der Waals surface area contributed by atoms with Crippen molar-refractivity contribution in [2.75, 3.05) is 0 Å². The largest absolute Gasteiger partial charge is 0.477 e. The number of aromatic nitrogens is 3. The Hall–Kier alpha value is -3.02. The monoisotopic (exact) mass is 295 g/mol. The minimum absolute atomic E-state index is 0.0152. The molecule has 0 atom stereocenters. The molecule has 110 valence electrons. The van der Waals surface area contributed by atoms with Gasteiger partial charge in [0.1, 0.15) is 11.5 Å². The van der Waals surface area contributed by atoms with Crippen LogP contribution in [0.25, 0.3) is 10.9 Å². The highest BCUT2D eigenvalue weighted by atomic mass is 16.4. The molecule has 0 spiro atoms. The van der Waals surface area contributed by atoms with Crippen molar-refractivity contribution in [1.82, 2.24) is 15.2 Å². The summed E-state index contributed by atoms with van der Waals surface area (Å²) in [6.45, 7) is 0. The molecule has 6 nitrogen and oxygen atoms in total. The molecular weight excluding hydrogens is 282 g/mol. The maximum absolute atomic E-state index is 12.1. The molecule has 0 aliphatic carbocycles. The van der Waals surface area contributed by atoms with Crippen LogP contribution in [0.5, 0.6) is 0 Å². The van der Waals surface area contributed by atoms with Gasteiger partial charge in [0.15, 0.2) is 0 Å². The van der Waals surface area contributed by atoms with Gasteiger partial charge in [-0.05, 0) is 29.3 Å². The van der Waals surface area contributed by atoms with Gasteiger partial charge in [-0.2, -0.15) is 5.10 Å². The second-order valence-corrected chi connectivity index (χ2v) is 5.04. The molecule has 0 aliphatic heterocycles. The van der Waals surface area contributed by atoms with Crippen LogP contribution in [0.15, 0.2) is 42.7 Å². The number of aromatic carboxylic acids is 1. The van der Waals surface area contributed by atoms with Crippen LogP contribution in [0, 0.1) is 0 Å². The highest BCUT2D eigenvalue weighted by molar-refractivity contribution is 5.87. The summed E-state index contributed by atoms with van der Waals surface area (Å²) >= 11 is 0. The molecule has 2 aromatic heterocycles. The van der Waals surface area contributed by atoms with E-state index in [1.165, 1.54) is 12.3 Å². The second kappa shape index (κ2) is 5.77. The zero-order valence-electron chi connectivity index (χ0n) is 11.6. The lowest BCUT2D eigenvalue weighted by molar-refractivity contribution is -0.117. The Bertz CT molecular complexity index is 854. The van der Waals surface area contributed by atoms with Crippen molar-refractivity contribution in [3.63, 3.8) is 0 Å². The van der Waals surface area contributed by atoms with Crippen molar-refractivity contribution in [2.24, 2.45) is 0 Å². The Morgan fingerprint density at radius 3 is 2.64 bits per heavy atom. The predicted molar refractivity (Wildman–Crippen MR) is 79.7 cm³/mol. The van der Waals surface area contributed by atoms with Gasteiger partial charge in [0.05, 0.1) is 11.7 Å². The van der Waals surface area contributed by atoms with Crippen LogP contribution < -0.4 is 0 Å². The summed E-state index contributed by atoms with van der Waals surface area (Å²) in [6, 6.07) is 8.79. The first kappa shape index (κ1) is 13.9. The normalized spacial score (nSPS) is 10.7. The summed E-state index contributed by atoms with van der Waals surface area (Å²) in [5.41, 5.74) is 2.39. The summed E-state index contributed by atoms with van der Waals surface area (Å²) in [7, 11) is 0. The number of carboxylic acids is 1. The molecule has 22 heavy (non-hydrogen) atoms. The molecule has 2 N–H and O–H groups in total. The maximum Gasteiger partial charge on any atom is 0.354 e. The van der Waals surface area contributed by atoms with Crippen LogP contribution in [0.3, 0.4) is 0 Å². The van der Waals surface area contributed by atoms with Gasteiger partial charge in [-0.25, -0.2) is 9.78 Å². The fourth-order valence-electron chi connectivity index (χ4n) is 2.31. The zero-order chi connectivity index (χ0) is 15.5. The number of Topliss-reactive ketones (excluding diaryl/α,β-unsaturated/α-hetero) is 1. The smallest absolute Gasteiger partial charge is 0.354 e. The van der Waals surface area contributed by atoms with Gasteiger partial charge >= 0.3 is 5.97 Å². The number of nitrogens with zero attached hydrogens (tertiary/aromatic N) is 2. The fourth-order valence-corrected chi connectivity index (χ4v) is 2.31. The van der Waals surface area contributed by atoms with Crippen molar-refractivity contribution in [1.29, 1.82) is 0 Å². The topological polar surface area (TPSA) is 95.9 Å². The van der Waals surface area contributed by atoms with Gasteiger partial charge in [0, 0.05) is 24.4 Å². The molecule has 0 aliphatic rings. The number of rotatable bonds is 5. The lowest BCUT2D eigenvalue weighted by Gasteiger charge is -2.03. The molecule has 3 rings (SSSR count). The first-order chi connectivity index (χ1) is 10.6. The molecular formula is C16H13N3O3. The van der Waals surface area contributed by atoms with Crippen molar-refractivity contribution in [3.8, 4) is 0 Å². The van der Waals surface area contributed by atoms with Crippen LogP contribution >= 0.6 is 0 Å². The number of ketones is 1. The number of benzene rings is 1. The number of hydrogen-bond donors (Lipinski definition) is 2. The highest BCUT2D eigenvalue weighted by Crippen LogP contribution is 2.14. The zero-order valence-corrected chi connectivity index (χ0v) is 11.6. The number of pyridine rings is 1. The molecule has 0 saturated heterocycles. The molecule has 0 saturated carbocycles. The van der Waals surface area contributed by atoms with E-state index in [0.717, 1.165) is 16.5 Å². The Balaban J connectivity index is 1.71. The van der Waals surface area contributed by atoms with Crippen LogP contribution in [-0.4, -0.2) is 32.0 Å². The second-order valence-electron chi connectivity index (χ2n) is 5.04. The SMILES string of the molecule is O=C(Cc1ccnc(C(=O)O)c1)Cc1ccc2cn[nH]c2c1. The lowest BCUT2D eigenvalue weighted by Crippen LogP contribution is -2.08. The molecule has 0 fully saturated rings. The molecule has 6 heteroatoms. The van der Waals surface area contributed by atoms with E-state index < -0.39 is 5.97 Å². The number of carboxylic acid groups (broad SMARTS) is 1. The number of carbonyl (C=O) groups is 2. The number of nitrogens with one attached hydrogen (secondary N) is 1. The van der Waals surface area contributed by atoms with Gasteiger partial charge < -0.3 is 5.11 Å². The van der Waals surface area contributed by atoms with Crippen LogP contribution in [-0.2, 0) is 17.6 Å². The van der Waals surface area contributed by atoms with E-state index in [1.54, 1.807) is 12.3 Å². The van der Waals surface area contributed by atoms with Crippen molar-refractivity contribution < 1.29 is 14.7 Å². The third-order valence-electron chi connectivity index (χ3n) is 3.35. The number of aromatic amines is 1. The summed E-state index contributed by atoms with van der Waals surface area (Å²) in [6.07, 6.45) is 3.61. The maximum atomic E-state index is 12.1. The third-order valence-corrected chi connectivity index (χ3v) is 3.35. The average molecular weight is 295 g/mol. The number of H-pyrrole nitrogens is 1. The fraction of sp³-hybridized carbons (Fsp3) is 0.125. The minimum atomic E-state index is -1.10. The Morgan fingerprint density at radius 2 is 1.86 bits per heavy atom. The van der Waals surface area contributed by atoms with Gasteiger partial charge in [0.2, 0.25) is 0 Å². The van der Waals surface area contributed by atoms with E-state index in [0.29, 0.717) is 12.0 Å². The summed E-state index contributed by atoms with van der Waals surface area (Å²) in [4.78, 5) is 26.8. The number of fused-ring (bicyclic) bond motifs is 1. The highest BCUT2D eigenvalue weighted by Gasteiger charge is 2.10. The van der Waals surface area contributed by atoms with Crippen LogP contribution in [0.1, 0.15) is 21.6 Å². The first-order valence-corrected chi connectivity index (χ1v) is 6.74. The molecule has 0 radical (unpaired) electrons. The third kappa shape index (κ3) is 3.01. The Morgan fingerprint density at radius 1 is 1.09 bits per heavy atom. The van der Waals surface area contributed by atoms with Crippen LogP contribution in [0.4, 0.5) is 0 Å². The van der Waals surface area contributed by atoms with E-state index in [1.807, 2.05) is 18.2 Å². The molecule has 3 aromatic rings. The Kier molecular flexibility index (Phi) is 3.65. The van der Waals surface area contributed by atoms with Crippen molar-refractivity contribution in [2.45, 2.75) is 12.8 Å². The molecule has 0 amide bonds. The van der Waals surface area contributed by atoms with E-state index in [4.69, 9.17) is 5.11 Å². The quantitative estimate of drug-likeness (QED) is 0.750. The van der Waals surface area contributed by atoms with E-state index in [-0.39, 0.29) is 17.9 Å². The van der Waals surface area contributed by atoms with E-state index >= 15 is 0 Å². The summed E-state index contributed by atoms with van der Waals surface area (Å²) in [5.74, 6) is -1.08.